The number of nitrogens with zero attached hydrogens (tertiary/aromatic N) is 3. The second-order valence-corrected chi connectivity index (χ2v) is 2.74. The van der Waals surface area contributed by atoms with Crippen molar-refractivity contribution in [2.24, 2.45) is 5.10 Å². The summed E-state index contributed by atoms with van der Waals surface area (Å²) in [7, 11) is 2.89. The molecule has 0 aromatic carbocycles. The number of halogens is 3. The van der Waals surface area contributed by atoms with Gasteiger partial charge in [0.1, 0.15) is 6.17 Å². The number of rotatable bonds is 0. The predicted octanol–water partition coefficient (Wildman–Crippen LogP) is 1.09. The SMILES string of the molecule is CC1N(C)N=C(C(F)(F)F)N1C. The summed E-state index contributed by atoms with van der Waals surface area (Å²) < 4.78 is 36.5. The molecule has 0 bridgehead atoms. The van der Waals surface area contributed by atoms with Gasteiger partial charge in [0, 0.05) is 14.1 Å². The smallest absolute Gasteiger partial charge is 0.333 e. The Morgan fingerprint density at radius 2 is 1.83 bits per heavy atom. The Hall–Kier alpha value is -0.940. The van der Waals surface area contributed by atoms with Crippen molar-refractivity contribution >= 4 is 5.84 Å². The van der Waals surface area contributed by atoms with Gasteiger partial charge >= 0.3 is 6.18 Å². The van der Waals surface area contributed by atoms with Crippen LogP contribution < -0.4 is 0 Å². The van der Waals surface area contributed by atoms with Gasteiger partial charge in [0.25, 0.3) is 0 Å². The van der Waals surface area contributed by atoms with Gasteiger partial charge in [-0.3, -0.25) is 5.01 Å². The summed E-state index contributed by atoms with van der Waals surface area (Å²) in [4.78, 5) is 1.10. The monoisotopic (exact) mass is 181 g/mol. The number of hydrazone groups is 1. The predicted molar refractivity (Wildman–Crippen MR) is 38.5 cm³/mol. The molecule has 0 fully saturated rings. The van der Waals surface area contributed by atoms with Crippen LogP contribution in [0.3, 0.4) is 0 Å². The Kier molecular flexibility index (Phi) is 1.93. The molecule has 0 radical (unpaired) electrons. The van der Waals surface area contributed by atoms with Crippen LogP contribution in [0.1, 0.15) is 6.92 Å². The Bertz CT molecular complexity index is 211. The standard InChI is InChI=1S/C6H10F3N3/c1-4-11(2)5(6(7,8)9)10-12(4)3/h4H,1-3H3. The van der Waals surface area contributed by atoms with Gasteiger partial charge in [0.2, 0.25) is 5.84 Å². The van der Waals surface area contributed by atoms with Crippen LogP contribution in [0.4, 0.5) is 13.2 Å². The van der Waals surface area contributed by atoms with Crippen molar-refractivity contribution in [3.8, 4) is 0 Å². The van der Waals surface area contributed by atoms with E-state index < -0.39 is 12.0 Å². The van der Waals surface area contributed by atoms with Gasteiger partial charge in [-0.1, -0.05) is 0 Å². The molecule has 1 aliphatic rings. The highest BCUT2D eigenvalue weighted by atomic mass is 19.4. The number of alkyl halides is 3. The molecule has 0 spiro atoms. The Morgan fingerprint density at radius 1 is 1.33 bits per heavy atom. The third-order valence-corrected chi connectivity index (χ3v) is 1.94. The van der Waals surface area contributed by atoms with Gasteiger partial charge in [-0.05, 0) is 6.92 Å². The molecule has 0 saturated heterocycles. The van der Waals surface area contributed by atoms with Crippen LogP contribution in [0.2, 0.25) is 0 Å². The zero-order chi connectivity index (χ0) is 9.52. The molecule has 0 aromatic rings. The molecule has 0 N–H and O–H groups in total. The van der Waals surface area contributed by atoms with Gasteiger partial charge < -0.3 is 4.90 Å². The van der Waals surface area contributed by atoms with E-state index >= 15 is 0 Å². The van der Waals surface area contributed by atoms with Crippen LogP contribution in [0.15, 0.2) is 5.10 Å². The van der Waals surface area contributed by atoms with Crippen LogP contribution in [0.5, 0.6) is 0 Å². The van der Waals surface area contributed by atoms with Crippen LogP contribution in [0, 0.1) is 0 Å². The number of amidine groups is 1. The summed E-state index contributed by atoms with van der Waals surface area (Å²) >= 11 is 0. The van der Waals surface area contributed by atoms with Crippen LogP contribution in [0.25, 0.3) is 0 Å². The molecule has 0 aliphatic carbocycles. The average molecular weight is 181 g/mol. The Morgan fingerprint density at radius 3 is 2.00 bits per heavy atom. The summed E-state index contributed by atoms with van der Waals surface area (Å²) in [6.07, 6.45) is -4.69. The van der Waals surface area contributed by atoms with Gasteiger partial charge in [-0.2, -0.15) is 18.3 Å². The third-order valence-electron chi connectivity index (χ3n) is 1.94. The van der Waals surface area contributed by atoms with Gasteiger partial charge in [0.05, 0.1) is 0 Å². The first-order valence-corrected chi connectivity index (χ1v) is 3.45. The van der Waals surface area contributed by atoms with Gasteiger partial charge in [0.15, 0.2) is 0 Å². The molecule has 0 amide bonds. The average Bonchev–Trinajstić information content (AvgIpc) is 2.15. The highest BCUT2D eigenvalue weighted by Crippen LogP contribution is 2.25. The lowest BCUT2D eigenvalue weighted by Crippen LogP contribution is -2.41. The highest BCUT2D eigenvalue weighted by molar-refractivity contribution is 5.88. The molecule has 3 nitrogen and oxygen atoms in total. The second-order valence-electron chi connectivity index (χ2n) is 2.74. The fraction of sp³-hybridized carbons (Fsp3) is 0.833. The largest absolute Gasteiger partial charge is 0.451 e. The minimum Gasteiger partial charge on any atom is -0.333 e. The minimum absolute atomic E-state index is 0.332. The molecule has 12 heavy (non-hydrogen) atoms. The van der Waals surface area contributed by atoms with E-state index in [-0.39, 0.29) is 6.17 Å². The first-order chi connectivity index (χ1) is 5.34. The van der Waals surface area contributed by atoms with Crippen molar-refractivity contribution < 1.29 is 13.2 Å². The molecule has 1 rings (SSSR count). The van der Waals surface area contributed by atoms with Crippen molar-refractivity contribution in [2.45, 2.75) is 19.3 Å². The lowest BCUT2D eigenvalue weighted by atomic mass is 10.4. The molecule has 1 atom stereocenters. The molecule has 6 heteroatoms. The molecule has 70 valence electrons. The van der Waals surface area contributed by atoms with Crippen molar-refractivity contribution in [1.29, 1.82) is 0 Å². The van der Waals surface area contributed by atoms with E-state index in [1.165, 1.54) is 19.1 Å². The fourth-order valence-corrected chi connectivity index (χ4v) is 0.988. The molecule has 0 saturated carbocycles. The van der Waals surface area contributed by atoms with Crippen molar-refractivity contribution in [3.63, 3.8) is 0 Å². The first kappa shape index (κ1) is 9.15. The lowest BCUT2D eigenvalue weighted by Gasteiger charge is -2.22. The maximum absolute atomic E-state index is 12.2. The van der Waals surface area contributed by atoms with E-state index in [9.17, 15) is 13.2 Å². The van der Waals surface area contributed by atoms with Gasteiger partial charge in [-0.15, -0.1) is 0 Å². The maximum atomic E-state index is 12.2. The maximum Gasteiger partial charge on any atom is 0.451 e. The van der Waals surface area contributed by atoms with Crippen molar-refractivity contribution in [3.05, 3.63) is 0 Å². The lowest BCUT2D eigenvalue weighted by molar-refractivity contribution is -0.0673. The van der Waals surface area contributed by atoms with E-state index in [1.807, 2.05) is 0 Å². The summed E-state index contributed by atoms with van der Waals surface area (Å²) in [6, 6.07) is 0. The van der Waals surface area contributed by atoms with Crippen LogP contribution in [-0.2, 0) is 0 Å². The fourth-order valence-electron chi connectivity index (χ4n) is 0.988. The molecule has 1 heterocycles. The zero-order valence-corrected chi connectivity index (χ0v) is 7.05. The quantitative estimate of drug-likeness (QED) is 0.557. The van der Waals surface area contributed by atoms with E-state index in [0.29, 0.717) is 0 Å². The van der Waals surface area contributed by atoms with Gasteiger partial charge in [-0.25, -0.2) is 0 Å². The van der Waals surface area contributed by atoms with Crippen molar-refractivity contribution in [1.82, 2.24) is 9.91 Å². The van der Waals surface area contributed by atoms with E-state index in [0.717, 1.165) is 4.90 Å². The van der Waals surface area contributed by atoms with E-state index in [1.54, 1.807) is 6.92 Å². The zero-order valence-electron chi connectivity index (χ0n) is 7.05. The molecule has 0 aromatic heterocycles. The molecular formula is C6H10F3N3. The normalized spacial score (nSPS) is 24.8. The molecule has 1 aliphatic heterocycles. The highest BCUT2D eigenvalue weighted by Gasteiger charge is 2.44. The summed E-state index contributed by atoms with van der Waals surface area (Å²) in [5, 5.41) is 4.65. The van der Waals surface area contributed by atoms with Crippen LogP contribution >= 0.6 is 0 Å². The third kappa shape index (κ3) is 1.33. The number of hydrogen-bond acceptors (Lipinski definition) is 3. The van der Waals surface area contributed by atoms with Crippen molar-refractivity contribution in [2.75, 3.05) is 14.1 Å². The molecular weight excluding hydrogens is 171 g/mol. The van der Waals surface area contributed by atoms with E-state index in [2.05, 4.69) is 5.10 Å². The topological polar surface area (TPSA) is 18.8 Å². The Balaban J connectivity index is 2.87. The minimum atomic E-state index is -4.35. The first-order valence-electron chi connectivity index (χ1n) is 3.45. The van der Waals surface area contributed by atoms with Crippen LogP contribution in [-0.4, -0.2) is 42.2 Å². The Labute approximate surface area is 68.4 Å². The summed E-state index contributed by atoms with van der Waals surface area (Å²) in [5.41, 5.74) is 0. The molecule has 1 unspecified atom stereocenters. The number of hydrogen-bond donors (Lipinski definition) is 0. The van der Waals surface area contributed by atoms with E-state index in [4.69, 9.17) is 0 Å². The summed E-state index contributed by atoms with van der Waals surface area (Å²) in [6.45, 7) is 1.66. The second kappa shape index (κ2) is 2.53. The summed E-state index contributed by atoms with van der Waals surface area (Å²) in [5.74, 6) is -0.836.